The zero-order chi connectivity index (χ0) is 15.9. The van der Waals surface area contributed by atoms with Gasteiger partial charge in [0.05, 0.1) is 20.8 Å². The summed E-state index contributed by atoms with van der Waals surface area (Å²) in [4.78, 5) is 18.1. The first-order valence-corrected chi connectivity index (χ1v) is 8.19. The molecule has 0 spiro atoms. The standard InChI is InChI=1S/C15H21N3O3S.HI/c1-20-13-9-11(3-4-12(13)14(19)21-2)10-17-15(16)18-5-7-22-8-6-18;/h3-4,9H,5-8,10H2,1-2H3,(H2,16,17);1H. The van der Waals surface area contributed by atoms with Crippen LogP contribution in [0.1, 0.15) is 15.9 Å². The predicted molar refractivity (Wildman–Crippen MR) is 104 cm³/mol. The summed E-state index contributed by atoms with van der Waals surface area (Å²) in [7, 11) is 2.87. The molecule has 0 saturated carbocycles. The average Bonchev–Trinajstić information content (AvgIpc) is 2.59. The number of carbonyl (C=O) groups is 1. The zero-order valence-electron chi connectivity index (χ0n) is 13.3. The van der Waals surface area contributed by atoms with Crippen LogP contribution in [0.4, 0.5) is 0 Å². The summed E-state index contributed by atoms with van der Waals surface area (Å²) in [5.74, 6) is 2.79. The van der Waals surface area contributed by atoms with Gasteiger partial charge in [0, 0.05) is 24.6 Å². The van der Waals surface area contributed by atoms with Gasteiger partial charge in [0.2, 0.25) is 0 Å². The Labute approximate surface area is 157 Å². The van der Waals surface area contributed by atoms with Crippen LogP contribution in [-0.4, -0.2) is 55.6 Å². The number of guanidine groups is 1. The van der Waals surface area contributed by atoms with Gasteiger partial charge in [-0.1, -0.05) is 6.07 Å². The second-order valence-electron chi connectivity index (χ2n) is 4.80. The van der Waals surface area contributed by atoms with Gasteiger partial charge in [0.25, 0.3) is 0 Å². The molecule has 1 saturated heterocycles. The van der Waals surface area contributed by atoms with E-state index in [2.05, 4.69) is 9.89 Å². The van der Waals surface area contributed by atoms with Crippen molar-refractivity contribution in [2.45, 2.75) is 6.54 Å². The maximum atomic E-state index is 11.6. The summed E-state index contributed by atoms with van der Waals surface area (Å²) < 4.78 is 9.96. The quantitative estimate of drug-likeness (QED) is 0.327. The Balaban J connectivity index is 0.00000264. The normalized spacial score (nSPS) is 14.9. The Kier molecular flexibility index (Phi) is 8.53. The van der Waals surface area contributed by atoms with Crippen LogP contribution in [0.2, 0.25) is 0 Å². The van der Waals surface area contributed by atoms with Crippen molar-refractivity contribution >= 4 is 47.7 Å². The highest BCUT2D eigenvalue weighted by molar-refractivity contribution is 14.0. The molecule has 1 aliphatic rings. The fraction of sp³-hybridized carbons (Fsp3) is 0.467. The number of ether oxygens (including phenoxy) is 2. The third-order valence-corrected chi connectivity index (χ3v) is 4.37. The van der Waals surface area contributed by atoms with Gasteiger partial charge in [-0.25, -0.2) is 9.79 Å². The smallest absolute Gasteiger partial charge is 0.341 e. The zero-order valence-corrected chi connectivity index (χ0v) is 16.4. The Morgan fingerprint density at radius 3 is 2.65 bits per heavy atom. The summed E-state index contributed by atoms with van der Waals surface area (Å²) >= 11 is 1.93. The molecular formula is C15H22IN3O3S. The summed E-state index contributed by atoms with van der Waals surface area (Å²) in [6.07, 6.45) is 0. The lowest BCUT2D eigenvalue weighted by Crippen LogP contribution is -2.42. The largest absolute Gasteiger partial charge is 0.496 e. The van der Waals surface area contributed by atoms with E-state index in [1.807, 2.05) is 17.8 Å². The number of nitrogens with zero attached hydrogens (tertiary/aromatic N) is 2. The predicted octanol–water partition coefficient (Wildman–Crippen LogP) is 1.96. The Bertz CT molecular complexity index is 563. The van der Waals surface area contributed by atoms with Crippen LogP contribution < -0.4 is 10.5 Å². The molecule has 1 aromatic carbocycles. The van der Waals surface area contributed by atoms with E-state index in [4.69, 9.17) is 15.2 Å². The van der Waals surface area contributed by atoms with Gasteiger partial charge in [-0.2, -0.15) is 11.8 Å². The number of nitrogens with two attached hydrogens (primary N) is 1. The van der Waals surface area contributed by atoms with E-state index in [0.717, 1.165) is 30.2 Å². The van der Waals surface area contributed by atoms with Gasteiger partial charge < -0.3 is 20.1 Å². The van der Waals surface area contributed by atoms with Crippen LogP contribution in [0.25, 0.3) is 0 Å². The van der Waals surface area contributed by atoms with Gasteiger partial charge >= 0.3 is 5.97 Å². The lowest BCUT2D eigenvalue weighted by atomic mass is 10.1. The van der Waals surface area contributed by atoms with E-state index < -0.39 is 5.97 Å². The third kappa shape index (κ3) is 5.45. The van der Waals surface area contributed by atoms with Gasteiger partial charge in [-0.15, -0.1) is 24.0 Å². The molecule has 23 heavy (non-hydrogen) atoms. The molecule has 0 aliphatic carbocycles. The highest BCUT2D eigenvalue weighted by atomic mass is 127. The van der Waals surface area contributed by atoms with Crippen molar-refractivity contribution in [3.8, 4) is 5.75 Å². The number of carbonyl (C=O) groups excluding carboxylic acids is 1. The molecule has 1 fully saturated rings. The monoisotopic (exact) mass is 451 g/mol. The molecule has 1 aliphatic heterocycles. The van der Waals surface area contributed by atoms with Crippen LogP contribution in [0.5, 0.6) is 5.75 Å². The van der Waals surface area contributed by atoms with Crippen molar-refractivity contribution < 1.29 is 14.3 Å². The van der Waals surface area contributed by atoms with Crippen molar-refractivity contribution in [3.05, 3.63) is 29.3 Å². The SMILES string of the molecule is COC(=O)c1ccc(CN=C(N)N2CCSCC2)cc1OC.I. The molecule has 6 nitrogen and oxygen atoms in total. The molecule has 1 aromatic rings. The lowest BCUT2D eigenvalue weighted by molar-refractivity contribution is 0.0597. The first-order chi connectivity index (χ1) is 10.7. The van der Waals surface area contributed by atoms with Crippen molar-refractivity contribution in [3.63, 3.8) is 0 Å². The summed E-state index contributed by atoms with van der Waals surface area (Å²) in [6.45, 7) is 2.32. The van der Waals surface area contributed by atoms with Crippen LogP contribution >= 0.6 is 35.7 Å². The minimum Gasteiger partial charge on any atom is -0.496 e. The van der Waals surface area contributed by atoms with Crippen LogP contribution in [0.15, 0.2) is 23.2 Å². The Hall–Kier alpha value is -1.16. The first-order valence-electron chi connectivity index (χ1n) is 7.03. The van der Waals surface area contributed by atoms with E-state index in [9.17, 15) is 4.79 Å². The van der Waals surface area contributed by atoms with E-state index in [0.29, 0.717) is 23.8 Å². The first kappa shape index (κ1) is 19.9. The van der Waals surface area contributed by atoms with E-state index in [1.165, 1.54) is 14.2 Å². The third-order valence-electron chi connectivity index (χ3n) is 3.43. The number of hydrogen-bond acceptors (Lipinski definition) is 5. The molecule has 128 valence electrons. The van der Waals surface area contributed by atoms with Crippen LogP contribution in [0, 0.1) is 0 Å². The number of benzene rings is 1. The van der Waals surface area contributed by atoms with Crippen molar-refractivity contribution in [1.82, 2.24) is 4.90 Å². The molecule has 0 bridgehead atoms. The van der Waals surface area contributed by atoms with E-state index in [-0.39, 0.29) is 24.0 Å². The number of esters is 1. The number of rotatable bonds is 4. The number of thioether (sulfide) groups is 1. The topological polar surface area (TPSA) is 77.1 Å². The lowest BCUT2D eigenvalue weighted by Gasteiger charge is -2.27. The van der Waals surface area contributed by atoms with Crippen LogP contribution in [0.3, 0.4) is 0 Å². The maximum absolute atomic E-state index is 11.6. The molecule has 2 N–H and O–H groups in total. The number of hydrogen-bond donors (Lipinski definition) is 1. The van der Waals surface area contributed by atoms with Gasteiger partial charge in [0.1, 0.15) is 11.3 Å². The molecule has 0 unspecified atom stereocenters. The summed E-state index contributed by atoms with van der Waals surface area (Å²) in [6, 6.07) is 5.30. The molecule has 0 radical (unpaired) electrons. The minimum atomic E-state index is -0.419. The highest BCUT2D eigenvalue weighted by Gasteiger charge is 2.14. The van der Waals surface area contributed by atoms with Gasteiger partial charge in [0.15, 0.2) is 5.96 Å². The molecular weight excluding hydrogens is 429 g/mol. The summed E-state index contributed by atoms with van der Waals surface area (Å²) in [5, 5.41) is 0. The molecule has 0 atom stereocenters. The molecule has 2 rings (SSSR count). The number of aliphatic imine (C=N–C) groups is 1. The second kappa shape index (κ2) is 9.86. The van der Waals surface area contributed by atoms with Crippen molar-refractivity contribution in [1.29, 1.82) is 0 Å². The number of halogens is 1. The minimum absolute atomic E-state index is 0. The van der Waals surface area contributed by atoms with Crippen molar-refractivity contribution in [2.24, 2.45) is 10.7 Å². The van der Waals surface area contributed by atoms with E-state index >= 15 is 0 Å². The fourth-order valence-electron chi connectivity index (χ4n) is 2.18. The van der Waals surface area contributed by atoms with E-state index in [1.54, 1.807) is 12.1 Å². The van der Waals surface area contributed by atoms with Crippen LogP contribution in [-0.2, 0) is 11.3 Å². The molecule has 0 aromatic heterocycles. The summed E-state index contributed by atoms with van der Waals surface area (Å²) in [5.41, 5.74) is 7.36. The van der Waals surface area contributed by atoms with Crippen molar-refractivity contribution in [2.75, 3.05) is 38.8 Å². The second-order valence-corrected chi connectivity index (χ2v) is 6.02. The average molecular weight is 451 g/mol. The highest BCUT2D eigenvalue weighted by Crippen LogP contribution is 2.21. The molecule has 0 amide bonds. The van der Waals surface area contributed by atoms with Gasteiger partial charge in [-0.3, -0.25) is 0 Å². The Morgan fingerprint density at radius 2 is 2.04 bits per heavy atom. The molecule has 1 heterocycles. The Morgan fingerprint density at radius 1 is 1.35 bits per heavy atom. The fourth-order valence-corrected chi connectivity index (χ4v) is 3.08. The maximum Gasteiger partial charge on any atom is 0.341 e. The number of methoxy groups -OCH3 is 2. The molecule has 8 heteroatoms. The van der Waals surface area contributed by atoms with Gasteiger partial charge in [-0.05, 0) is 17.7 Å².